The number of nitrogens with one attached hydrogen (secondary N) is 1. The zero-order valence-corrected chi connectivity index (χ0v) is 13.3. The highest BCUT2D eigenvalue weighted by atomic mass is 35.5. The van der Waals surface area contributed by atoms with E-state index in [1.54, 1.807) is 24.3 Å². The Morgan fingerprint density at radius 2 is 1.87 bits per heavy atom. The van der Waals surface area contributed by atoms with Crippen molar-refractivity contribution in [1.82, 2.24) is 4.72 Å². The number of benzene rings is 2. The first-order chi connectivity index (χ1) is 10.9. The van der Waals surface area contributed by atoms with Gasteiger partial charge in [0.05, 0.1) is 16.4 Å². The van der Waals surface area contributed by atoms with Gasteiger partial charge in [-0.1, -0.05) is 29.5 Å². The Morgan fingerprint density at radius 3 is 2.48 bits per heavy atom. The lowest BCUT2D eigenvalue weighted by molar-refractivity contribution is -0.384. The van der Waals surface area contributed by atoms with Gasteiger partial charge in [-0.2, -0.15) is 4.72 Å². The van der Waals surface area contributed by atoms with Gasteiger partial charge in [0, 0.05) is 22.7 Å². The third-order valence-electron chi connectivity index (χ3n) is 2.77. The van der Waals surface area contributed by atoms with Gasteiger partial charge in [0.15, 0.2) is 0 Å². The van der Waals surface area contributed by atoms with Crippen LogP contribution in [0.1, 0.15) is 5.56 Å². The molecule has 2 rings (SSSR count). The molecule has 0 aliphatic heterocycles. The molecule has 2 aromatic rings. The molecule has 23 heavy (non-hydrogen) atoms. The van der Waals surface area contributed by atoms with E-state index in [0.29, 0.717) is 10.6 Å². The van der Waals surface area contributed by atoms with Crippen LogP contribution in [0.4, 0.5) is 5.69 Å². The second-order valence-corrected chi connectivity index (χ2v) is 6.59. The van der Waals surface area contributed by atoms with Crippen LogP contribution in [0.25, 0.3) is 0 Å². The summed E-state index contributed by atoms with van der Waals surface area (Å²) in [5.41, 5.74) is 0.497. The standard InChI is InChI=1S/C15H11ClN2O4S/c16-13-5-1-3-12(11-13)4-2-10-17-23(21,22)15-8-6-14(7-9-15)18(19)20/h1,3,5-9,11,17H,10H2. The van der Waals surface area contributed by atoms with Crippen LogP contribution in [0.3, 0.4) is 0 Å². The van der Waals surface area contributed by atoms with Gasteiger partial charge in [-0.15, -0.1) is 0 Å². The Morgan fingerprint density at radius 1 is 1.17 bits per heavy atom. The first-order valence-electron chi connectivity index (χ1n) is 6.37. The number of nitrogens with zero attached hydrogens (tertiary/aromatic N) is 1. The van der Waals surface area contributed by atoms with Crippen LogP contribution in [0.15, 0.2) is 53.4 Å². The number of nitro benzene ring substituents is 1. The molecule has 0 amide bonds. The lowest BCUT2D eigenvalue weighted by Crippen LogP contribution is -2.23. The first-order valence-corrected chi connectivity index (χ1v) is 8.23. The highest BCUT2D eigenvalue weighted by Crippen LogP contribution is 2.15. The van der Waals surface area contributed by atoms with Gasteiger partial charge in [-0.05, 0) is 30.3 Å². The van der Waals surface area contributed by atoms with Crippen LogP contribution >= 0.6 is 11.6 Å². The predicted molar refractivity (Wildman–Crippen MR) is 86.6 cm³/mol. The number of hydrogen-bond acceptors (Lipinski definition) is 4. The molecule has 1 N–H and O–H groups in total. The Balaban J connectivity index is 2.03. The van der Waals surface area contributed by atoms with Crippen LogP contribution in [0.5, 0.6) is 0 Å². The van der Waals surface area contributed by atoms with E-state index in [4.69, 9.17) is 11.6 Å². The third-order valence-corrected chi connectivity index (χ3v) is 4.42. The van der Waals surface area contributed by atoms with E-state index in [2.05, 4.69) is 16.6 Å². The van der Waals surface area contributed by atoms with Gasteiger partial charge >= 0.3 is 0 Å². The van der Waals surface area contributed by atoms with Crippen molar-refractivity contribution < 1.29 is 13.3 Å². The van der Waals surface area contributed by atoms with Crippen molar-refractivity contribution >= 4 is 27.3 Å². The van der Waals surface area contributed by atoms with E-state index in [1.807, 2.05) is 0 Å². The molecule has 0 bridgehead atoms. The molecule has 8 heteroatoms. The summed E-state index contributed by atoms with van der Waals surface area (Å²) in [5, 5.41) is 11.1. The number of non-ortho nitro benzene ring substituents is 1. The third kappa shape index (κ3) is 4.79. The normalized spacial score (nSPS) is 10.7. The van der Waals surface area contributed by atoms with Crippen LogP contribution < -0.4 is 4.72 Å². The molecule has 0 fully saturated rings. The fourth-order valence-electron chi connectivity index (χ4n) is 1.67. The Bertz CT molecular complexity index is 884. The van der Waals surface area contributed by atoms with Gasteiger partial charge in [0.2, 0.25) is 10.0 Å². The summed E-state index contributed by atoms with van der Waals surface area (Å²) in [6.07, 6.45) is 0. The van der Waals surface area contributed by atoms with Crippen LogP contribution in [0, 0.1) is 22.0 Å². The SMILES string of the molecule is O=[N+]([O-])c1ccc(S(=O)(=O)NCC#Cc2cccc(Cl)c2)cc1. The predicted octanol–water partition coefficient (Wildman–Crippen LogP) is 2.58. The summed E-state index contributed by atoms with van der Waals surface area (Å²) in [6.45, 7) is -0.0914. The molecule has 118 valence electrons. The average Bonchev–Trinajstić information content (AvgIpc) is 2.52. The molecule has 0 unspecified atom stereocenters. The van der Waals surface area contributed by atoms with Crippen molar-refractivity contribution in [1.29, 1.82) is 0 Å². The molecule has 0 saturated heterocycles. The molecular weight excluding hydrogens is 340 g/mol. The molecule has 0 aromatic heterocycles. The molecule has 0 aliphatic carbocycles. The summed E-state index contributed by atoms with van der Waals surface area (Å²) in [5.74, 6) is 5.46. The molecule has 0 heterocycles. The molecule has 6 nitrogen and oxygen atoms in total. The molecular formula is C15H11ClN2O4S. The quantitative estimate of drug-likeness (QED) is 0.521. The topological polar surface area (TPSA) is 89.3 Å². The molecule has 2 aromatic carbocycles. The van der Waals surface area contributed by atoms with Crippen molar-refractivity contribution in [2.45, 2.75) is 4.90 Å². The Hall–Kier alpha value is -2.40. The molecule has 0 atom stereocenters. The lowest BCUT2D eigenvalue weighted by Gasteiger charge is -2.03. The lowest BCUT2D eigenvalue weighted by atomic mass is 10.2. The second-order valence-electron chi connectivity index (χ2n) is 4.39. The van der Waals surface area contributed by atoms with E-state index < -0.39 is 14.9 Å². The van der Waals surface area contributed by atoms with Gasteiger partial charge < -0.3 is 0 Å². The summed E-state index contributed by atoms with van der Waals surface area (Å²) in [6, 6.07) is 11.5. The minimum absolute atomic E-state index is 0.0624. The minimum Gasteiger partial charge on any atom is -0.258 e. The molecule has 0 aliphatic rings. The monoisotopic (exact) mass is 350 g/mol. The van der Waals surface area contributed by atoms with E-state index in [-0.39, 0.29) is 17.1 Å². The maximum absolute atomic E-state index is 12.0. The van der Waals surface area contributed by atoms with Crippen LogP contribution in [0.2, 0.25) is 5.02 Å². The fourth-order valence-corrected chi connectivity index (χ4v) is 2.79. The minimum atomic E-state index is -3.77. The number of rotatable bonds is 4. The van der Waals surface area contributed by atoms with Crippen LogP contribution in [-0.2, 0) is 10.0 Å². The summed E-state index contributed by atoms with van der Waals surface area (Å²) >= 11 is 5.82. The zero-order chi connectivity index (χ0) is 16.9. The maximum atomic E-state index is 12.0. The van der Waals surface area contributed by atoms with E-state index >= 15 is 0 Å². The van der Waals surface area contributed by atoms with Crippen molar-refractivity contribution in [3.8, 4) is 11.8 Å². The van der Waals surface area contributed by atoms with Crippen molar-refractivity contribution in [2.24, 2.45) is 0 Å². The Kier molecular flexibility index (Phi) is 5.34. The summed E-state index contributed by atoms with van der Waals surface area (Å²) < 4.78 is 26.3. The van der Waals surface area contributed by atoms with Gasteiger partial charge in [0.25, 0.3) is 5.69 Å². The first kappa shape index (κ1) is 17.0. The largest absolute Gasteiger partial charge is 0.269 e. The van der Waals surface area contributed by atoms with Crippen molar-refractivity contribution in [2.75, 3.05) is 6.54 Å². The zero-order valence-electron chi connectivity index (χ0n) is 11.7. The smallest absolute Gasteiger partial charge is 0.258 e. The molecule has 0 saturated carbocycles. The number of hydrogen-bond donors (Lipinski definition) is 1. The summed E-state index contributed by atoms with van der Waals surface area (Å²) in [7, 11) is -3.77. The van der Waals surface area contributed by atoms with Gasteiger partial charge in [-0.3, -0.25) is 10.1 Å². The number of sulfonamides is 1. The van der Waals surface area contributed by atoms with E-state index in [0.717, 1.165) is 12.1 Å². The highest BCUT2D eigenvalue weighted by molar-refractivity contribution is 7.89. The number of nitro groups is 1. The highest BCUT2D eigenvalue weighted by Gasteiger charge is 2.14. The van der Waals surface area contributed by atoms with E-state index in [9.17, 15) is 18.5 Å². The van der Waals surface area contributed by atoms with E-state index in [1.165, 1.54) is 12.1 Å². The average molecular weight is 351 g/mol. The molecule has 0 radical (unpaired) electrons. The summed E-state index contributed by atoms with van der Waals surface area (Å²) in [4.78, 5) is 9.88. The van der Waals surface area contributed by atoms with Gasteiger partial charge in [-0.25, -0.2) is 8.42 Å². The number of halogens is 1. The van der Waals surface area contributed by atoms with Crippen LogP contribution in [-0.4, -0.2) is 19.9 Å². The Labute approximate surface area is 138 Å². The second kappa shape index (κ2) is 7.24. The van der Waals surface area contributed by atoms with Crippen molar-refractivity contribution in [3.05, 3.63) is 69.2 Å². The van der Waals surface area contributed by atoms with Crippen molar-refractivity contribution in [3.63, 3.8) is 0 Å². The van der Waals surface area contributed by atoms with Gasteiger partial charge in [0.1, 0.15) is 0 Å². The molecule has 0 spiro atoms. The maximum Gasteiger partial charge on any atom is 0.269 e. The fraction of sp³-hybridized carbons (Fsp3) is 0.0667.